The van der Waals surface area contributed by atoms with Gasteiger partial charge in [0.2, 0.25) is 0 Å². The van der Waals surface area contributed by atoms with E-state index in [0.717, 1.165) is 24.2 Å². The summed E-state index contributed by atoms with van der Waals surface area (Å²) in [6, 6.07) is 7.24. The lowest BCUT2D eigenvalue weighted by Gasteiger charge is -2.19. The molecule has 1 aliphatic rings. The zero-order valence-electron chi connectivity index (χ0n) is 11.7. The van der Waals surface area contributed by atoms with Crippen molar-refractivity contribution in [2.45, 2.75) is 32.6 Å². The lowest BCUT2D eigenvalue weighted by Crippen LogP contribution is -2.28. The third-order valence-corrected chi connectivity index (χ3v) is 3.76. The lowest BCUT2D eigenvalue weighted by atomic mass is 9.89. The Labute approximate surface area is 124 Å². The summed E-state index contributed by atoms with van der Waals surface area (Å²) < 4.78 is 0. The molecule has 1 fully saturated rings. The van der Waals surface area contributed by atoms with Crippen molar-refractivity contribution in [2.24, 2.45) is 11.0 Å². The first-order chi connectivity index (χ1) is 9.65. The van der Waals surface area contributed by atoms with Crippen LogP contribution in [-0.2, 0) is 4.79 Å². The van der Waals surface area contributed by atoms with E-state index in [1.165, 1.54) is 12.8 Å². The average Bonchev–Trinajstić information content (AvgIpc) is 2.46. The molecule has 5 heteroatoms. The third kappa shape index (κ3) is 4.53. The van der Waals surface area contributed by atoms with Gasteiger partial charge in [-0.1, -0.05) is 24.9 Å². The molecule has 0 bridgehead atoms. The molecule has 2 N–H and O–H groups in total. The average molecular weight is 294 g/mol. The number of nitrogens with one attached hydrogen (secondary N) is 2. The second kappa shape index (κ2) is 7.29. The number of hydrazone groups is 1. The van der Waals surface area contributed by atoms with Gasteiger partial charge in [-0.25, -0.2) is 5.43 Å². The minimum Gasteiger partial charge on any atom is -0.376 e. The van der Waals surface area contributed by atoms with Crippen molar-refractivity contribution >= 4 is 28.9 Å². The van der Waals surface area contributed by atoms with Crippen molar-refractivity contribution in [3.63, 3.8) is 0 Å². The first-order valence-corrected chi connectivity index (χ1v) is 7.37. The standard InChI is InChI=1S/C15H20ClN3O/c1-11-4-2-3-5-14(11)18-19-15(20)10-17-13-8-6-12(16)7-9-13/h6-9,11,17H,2-5,10H2,1H3,(H,19,20)/b18-14-/t11-/m1/s1. The first kappa shape index (κ1) is 14.9. The number of benzene rings is 1. The number of anilines is 1. The van der Waals surface area contributed by atoms with Gasteiger partial charge in [-0.2, -0.15) is 5.10 Å². The van der Waals surface area contributed by atoms with E-state index in [1.54, 1.807) is 12.1 Å². The molecule has 1 aromatic rings. The van der Waals surface area contributed by atoms with Crippen LogP contribution in [0.5, 0.6) is 0 Å². The highest BCUT2D eigenvalue weighted by atomic mass is 35.5. The third-order valence-electron chi connectivity index (χ3n) is 3.51. The molecule has 1 atom stereocenters. The van der Waals surface area contributed by atoms with E-state index in [9.17, 15) is 4.79 Å². The quantitative estimate of drug-likeness (QED) is 0.836. The van der Waals surface area contributed by atoms with Crippen LogP contribution < -0.4 is 10.7 Å². The fourth-order valence-electron chi connectivity index (χ4n) is 2.26. The maximum absolute atomic E-state index is 11.7. The highest BCUT2D eigenvalue weighted by Crippen LogP contribution is 2.20. The molecule has 0 heterocycles. The summed E-state index contributed by atoms with van der Waals surface area (Å²) in [5.74, 6) is 0.346. The van der Waals surface area contributed by atoms with Crippen molar-refractivity contribution in [2.75, 3.05) is 11.9 Å². The monoisotopic (exact) mass is 293 g/mol. The first-order valence-electron chi connectivity index (χ1n) is 7.00. The molecule has 0 saturated heterocycles. The minimum atomic E-state index is -0.134. The SMILES string of the molecule is C[C@@H]1CCCC/C1=N/NC(=O)CNc1ccc(Cl)cc1. The van der Waals surface area contributed by atoms with Crippen LogP contribution in [0.1, 0.15) is 32.6 Å². The van der Waals surface area contributed by atoms with Gasteiger partial charge >= 0.3 is 0 Å². The molecule has 20 heavy (non-hydrogen) atoms. The summed E-state index contributed by atoms with van der Waals surface area (Å²) in [5.41, 5.74) is 4.60. The largest absolute Gasteiger partial charge is 0.376 e. The topological polar surface area (TPSA) is 53.5 Å². The van der Waals surface area contributed by atoms with E-state index in [2.05, 4.69) is 22.8 Å². The number of rotatable bonds is 4. The number of nitrogens with zero attached hydrogens (tertiary/aromatic N) is 1. The van der Waals surface area contributed by atoms with E-state index in [-0.39, 0.29) is 12.5 Å². The summed E-state index contributed by atoms with van der Waals surface area (Å²) in [6.07, 6.45) is 4.58. The minimum absolute atomic E-state index is 0.134. The zero-order chi connectivity index (χ0) is 14.4. The van der Waals surface area contributed by atoms with Gasteiger partial charge in [0, 0.05) is 16.4 Å². The molecular formula is C15H20ClN3O. The zero-order valence-corrected chi connectivity index (χ0v) is 12.4. The predicted molar refractivity (Wildman–Crippen MR) is 83.2 cm³/mol. The highest BCUT2D eigenvalue weighted by molar-refractivity contribution is 6.30. The molecule has 1 amide bonds. The van der Waals surface area contributed by atoms with Gasteiger partial charge in [0.25, 0.3) is 5.91 Å². The predicted octanol–water partition coefficient (Wildman–Crippen LogP) is 3.43. The van der Waals surface area contributed by atoms with E-state index < -0.39 is 0 Å². The van der Waals surface area contributed by atoms with Crippen LogP contribution in [0.4, 0.5) is 5.69 Å². The van der Waals surface area contributed by atoms with Crippen molar-refractivity contribution in [1.82, 2.24) is 5.43 Å². The maximum Gasteiger partial charge on any atom is 0.259 e. The van der Waals surface area contributed by atoms with E-state index >= 15 is 0 Å². The Kier molecular flexibility index (Phi) is 5.41. The Hall–Kier alpha value is -1.55. The Balaban J connectivity index is 1.77. The van der Waals surface area contributed by atoms with Gasteiger partial charge < -0.3 is 5.32 Å². The Morgan fingerprint density at radius 1 is 1.35 bits per heavy atom. The number of carbonyl (C=O) groups excluding carboxylic acids is 1. The number of hydrogen-bond acceptors (Lipinski definition) is 3. The van der Waals surface area contributed by atoms with Gasteiger partial charge in [-0.15, -0.1) is 0 Å². The molecule has 0 aromatic heterocycles. The van der Waals surface area contributed by atoms with Crippen LogP contribution in [0.25, 0.3) is 0 Å². The fraction of sp³-hybridized carbons (Fsp3) is 0.467. The van der Waals surface area contributed by atoms with Crippen molar-refractivity contribution < 1.29 is 4.79 Å². The van der Waals surface area contributed by atoms with E-state index in [4.69, 9.17) is 11.6 Å². The highest BCUT2D eigenvalue weighted by Gasteiger charge is 2.15. The molecule has 0 aliphatic heterocycles. The molecule has 0 spiro atoms. The van der Waals surface area contributed by atoms with Gasteiger partial charge in [0.15, 0.2) is 0 Å². The van der Waals surface area contributed by atoms with Crippen molar-refractivity contribution in [3.05, 3.63) is 29.3 Å². The fourth-order valence-corrected chi connectivity index (χ4v) is 2.39. The normalized spacial score (nSPS) is 20.7. The van der Waals surface area contributed by atoms with Crippen molar-refractivity contribution in [1.29, 1.82) is 0 Å². The van der Waals surface area contributed by atoms with Crippen molar-refractivity contribution in [3.8, 4) is 0 Å². The smallest absolute Gasteiger partial charge is 0.259 e. The van der Waals surface area contributed by atoms with Crippen LogP contribution in [0.2, 0.25) is 5.02 Å². The van der Waals surface area contributed by atoms with Gasteiger partial charge in [-0.05, 0) is 49.4 Å². The molecule has 0 unspecified atom stereocenters. The number of carbonyl (C=O) groups is 1. The Bertz CT molecular complexity index is 484. The summed E-state index contributed by atoms with van der Waals surface area (Å²) in [5, 5.41) is 7.96. The number of amides is 1. The molecule has 1 saturated carbocycles. The summed E-state index contributed by atoms with van der Waals surface area (Å²) in [4.78, 5) is 11.7. The molecular weight excluding hydrogens is 274 g/mol. The Morgan fingerprint density at radius 3 is 2.80 bits per heavy atom. The number of hydrogen-bond donors (Lipinski definition) is 2. The summed E-state index contributed by atoms with van der Waals surface area (Å²) in [7, 11) is 0. The van der Waals surface area contributed by atoms with Crippen LogP contribution >= 0.6 is 11.6 Å². The van der Waals surface area contributed by atoms with Gasteiger partial charge in [0.1, 0.15) is 0 Å². The second-order valence-corrected chi connectivity index (χ2v) is 5.58. The molecule has 1 aliphatic carbocycles. The van der Waals surface area contributed by atoms with Crippen LogP contribution in [0.3, 0.4) is 0 Å². The molecule has 1 aromatic carbocycles. The molecule has 108 valence electrons. The van der Waals surface area contributed by atoms with Gasteiger partial charge in [-0.3, -0.25) is 4.79 Å². The molecule has 4 nitrogen and oxygen atoms in total. The van der Waals surface area contributed by atoms with Crippen LogP contribution in [0, 0.1) is 5.92 Å². The maximum atomic E-state index is 11.7. The Morgan fingerprint density at radius 2 is 2.10 bits per heavy atom. The lowest BCUT2D eigenvalue weighted by molar-refractivity contribution is -0.119. The van der Waals surface area contributed by atoms with Gasteiger partial charge in [0.05, 0.1) is 6.54 Å². The molecule has 0 radical (unpaired) electrons. The van der Waals surface area contributed by atoms with Crippen LogP contribution in [0.15, 0.2) is 29.4 Å². The summed E-state index contributed by atoms with van der Waals surface area (Å²) in [6.45, 7) is 2.36. The van der Waals surface area contributed by atoms with Crippen LogP contribution in [-0.4, -0.2) is 18.2 Å². The number of halogens is 1. The van der Waals surface area contributed by atoms with E-state index in [1.807, 2.05) is 12.1 Å². The summed E-state index contributed by atoms with van der Waals surface area (Å²) >= 11 is 5.80. The van der Waals surface area contributed by atoms with E-state index in [0.29, 0.717) is 10.9 Å². The molecule has 2 rings (SSSR count). The second-order valence-electron chi connectivity index (χ2n) is 5.15.